The van der Waals surface area contributed by atoms with E-state index in [0.29, 0.717) is 6.04 Å². The van der Waals surface area contributed by atoms with E-state index in [1.807, 2.05) is 0 Å². The Kier molecular flexibility index (Phi) is 4.24. The van der Waals surface area contributed by atoms with Crippen LogP contribution in [0.4, 0.5) is 0 Å². The van der Waals surface area contributed by atoms with Crippen LogP contribution in [0, 0.1) is 11.8 Å². The molecule has 0 bridgehead atoms. The molecule has 1 aliphatic rings. The predicted octanol–water partition coefficient (Wildman–Crippen LogP) is 3.20. The monoisotopic (exact) mass is 183 g/mol. The minimum atomic E-state index is 0.676. The van der Waals surface area contributed by atoms with E-state index in [0.717, 1.165) is 17.9 Å². The fourth-order valence-electron chi connectivity index (χ4n) is 2.15. The molecule has 0 aromatic rings. The van der Waals surface area contributed by atoms with Crippen LogP contribution < -0.4 is 5.32 Å². The van der Waals surface area contributed by atoms with Crippen molar-refractivity contribution in [3.63, 3.8) is 0 Å². The molecule has 1 rings (SSSR count). The van der Waals surface area contributed by atoms with Gasteiger partial charge in [-0.1, -0.05) is 33.6 Å². The van der Waals surface area contributed by atoms with Gasteiger partial charge in [0.2, 0.25) is 0 Å². The SMILES string of the molecule is CC(C)[C@H](C)N[C@H]1CCC[C@H](C)C1. The molecule has 0 radical (unpaired) electrons. The third kappa shape index (κ3) is 3.68. The zero-order valence-corrected chi connectivity index (χ0v) is 9.64. The molecule has 0 heterocycles. The molecular formula is C12H25N. The van der Waals surface area contributed by atoms with Crippen molar-refractivity contribution >= 4 is 0 Å². The number of hydrogen-bond acceptors (Lipinski definition) is 1. The summed E-state index contributed by atoms with van der Waals surface area (Å²) in [6, 6.07) is 1.47. The predicted molar refractivity (Wildman–Crippen MR) is 58.9 cm³/mol. The first kappa shape index (κ1) is 11.0. The first-order valence-electron chi connectivity index (χ1n) is 5.85. The van der Waals surface area contributed by atoms with Crippen LogP contribution >= 0.6 is 0 Å². The van der Waals surface area contributed by atoms with Gasteiger partial charge < -0.3 is 5.32 Å². The van der Waals surface area contributed by atoms with Gasteiger partial charge in [-0.3, -0.25) is 0 Å². The summed E-state index contributed by atoms with van der Waals surface area (Å²) in [5.41, 5.74) is 0. The highest BCUT2D eigenvalue weighted by Crippen LogP contribution is 2.24. The van der Waals surface area contributed by atoms with Gasteiger partial charge in [0, 0.05) is 12.1 Å². The maximum atomic E-state index is 3.75. The van der Waals surface area contributed by atoms with Crippen LogP contribution in [0.25, 0.3) is 0 Å². The topological polar surface area (TPSA) is 12.0 Å². The molecule has 3 atom stereocenters. The zero-order chi connectivity index (χ0) is 9.84. The number of rotatable bonds is 3. The van der Waals surface area contributed by atoms with Gasteiger partial charge >= 0.3 is 0 Å². The van der Waals surface area contributed by atoms with Crippen LogP contribution in [0.15, 0.2) is 0 Å². The second kappa shape index (κ2) is 4.99. The molecule has 0 unspecified atom stereocenters. The molecule has 1 N–H and O–H groups in total. The Hall–Kier alpha value is -0.0400. The van der Waals surface area contributed by atoms with E-state index in [9.17, 15) is 0 Å². The van der Waals surface area contributed by atoms with Gasteiger partial charge in [0.1, 0.15) is 0 Å². The highest BCUT2D eigenvalue weighted by Gasteiger charge is 2.20. The van der Waals surface area contributed by atoms with Crippen LogP contribution in [0.2, 0.25) is 0 Å². The summed E-state index contributed by atoms with van der Waals surface area (Å²) in [6.07, 6.45) is 5.64. The average Bonchev–Trinajstić information content (AvgIpc) is 2.04. The highest BCUT2D eigenvalue weighted by molar-refractivity contribution is 4.79. The lowest BCUT2D eigenvalue weighted by atomic mass is 9.86. The smallest absolute Gasteiger partial charge is 0.00721 e. The van der Waals surface area contributed by atoms with Crippen LogP contribution in [0.3, 0.4) is 0 Å². The maximum Gasteiger partial charge on any atom is 0.00721 e. The van der Waals surface area contributed by atoms with Gasteiger partial charge in [-0.2, -0.15) is 0 Å². The van der Waals surface area contributed by atoms with Crippen molar-refractivity contribution in [3.8, 4) is 0 Å². The Morgan fingerprint density at radius 2 is 1.85 bits per heavy atom. The molecule has 1 aliphatic carbocycles. The normalized spacial score (nSPS) is 32.1. The zero-order valence-electron chi connectivity index (χ0n) is 9.64. The van der Waals surface area contributed by atoms with Gasteiger partial charge in [-0.05, 0) is 31.6 Å². The van der Waals surface area contributed by atoms with Crippen LogP contribution in [0.1, 0.15) is 53.4 Å². The lowest BCUT2D eigenvalue weighted by Crippen LogP contribution is -2.41. The third-order valence-corrected chi connectivity index (χ3v) is 3.43. The summed E-state index contributed by atoms with van der Waals surface area (Å²) in [6.45, 7) is 9.28. The third-order valence-electron chi connectivity index (χ3n) is 3.43. The Morgan fingerprint density at radius 3 is 2.38 bits per heavy atom. The number of nitrogens with one attached hydrogen (secondary N) is 1. The van der Waals surface area contributed by atoms with E-state index in [-0.39, 0.29) is 0 Å². The molecule has 1 heteroatoms. The van der Waals surface area contributed by atoms with Crippen LogP contribution in [0.5, 0.6) is 0 Å². The molecule has 0 saturated heterocycles. The fourth-order valence-corrected chi connectivity index (χ4v) is 2.15. The number of hydrogen-bond donors (Lipinski definition) is 1. The van der Waals surface area contributed by atoms with E-state index in [2.05, 4.69) is 33.0 Å². The van der Waals surface area contributed by atoms with E-state index in [1.54, 1.807) is 0 Å². The Morgan fingerprint density at radius 1 is 1.15 bits per heavy atom. The molecule has 13 heavy (non-hydrogen) atoms. The second-order valence-electron chi connectivity index (χ2n) is 5.17. The molecule has 0 amide bonds. The first-order valence-corrected chi connectivity index (χ1v) is 5.85. The van der Waals surface area contributed by atoms with Gasteiger partial charge in [-0.15, -0.1) is 0 Å². The molecule has 78 valence electrons. The quantitative estimate of drug-likeness (QED) is 0.708. The Balaban J connectivity index is 2.27. The summed E-state index contributed by atoms with van der Waals surface area (Å²) in [5, 5.41) is 3.75. The van der Waals surface area contributed by atoms with E-state index >= 15 is 0 Å². The Labute approximate surface area is 83.3 Å². The highest BCUT2D eigenvalue weighted by atomic mass is 14.9. The van der Waals surface area contributed by atoms with Crippen LogP contribution in [-0.4, -0.2) is 12.1 Å². The fraction of sp³-hybridized carbons (Fsp3) is 1.00. The van der Waals surface area contributed by atoms with Crippen LogP contribution in [-0.2, 0) is 0 Å². The van der Waals surface area contributed by atoms with Crippen molar-refractivity contribution in [1.82, 2.24) is 5.32 Å². The van der Waals surface area contributed by atoms with Crippen molar-refractivity contribution in [3.05, 3.63) is 0 Å². The average molecular weight is 183 g/mol. The second-order valence-corrected chi connectivity index (χ2v) is 5.17. The molecule has 1 saturated carbocycles. The van der Waals surface area contributed by atoms with E-state index in [4.69, 9.17) is 0 Å². The molecule has 1 nitrogen and oxygen atoms in total. The largest absolute Gasteiger partial charge is 0.311 e. The molecule has 0 aromatic carbocycles. The molecule has 1 fully saturated rings. The molecule has 0 aliphatic heterocycles. The minimum Gasteiger partial charge on any atom is -0.311 e. The van der Waals surface area contributed by atoms with Gasteiger partial charge in [0.25, 0.3) is 0 Å². The summed E-state index contributed by atoms with van der Waals surface area (Å²) in [4.78, 5) is 0. The molecular weight excluding hydrogens is 158 g/mol. The Bertz CT molecular complexity index is 142. The summed E-state index contributed by atoms with van der Waals surface area (Å²) >= 11 is 0. The van der Waals surface area contributed by atoms with Gasteiger partial charge in [0.05, 0.1) is 0 Å². The molecule has 0 spiro atoms. The first-order chi connectivity index (χ1) is 6.09. The van der Waals surface area contributed by atoms with Gasteiger partial charge in [-0.25, -0.2) is 0 Å². The van der Waals surface area contributed by atoms with Crippen molar-refractivity contribution < 1.29 is 0 Å². The van der Waals surface area contributed by atoms with Gasteiger partial charge in [0.15, 0.2) is 0 Å². The summed E-state index contributed by atoms with van der Waals surface area (Å²) in [7, 11) is 0. The minimum absolute atomic E-state index is 0.676. The van der Waals surface area contributed by atoms with Crippen molar-refractivity contribution in [2.75, 3.05) is 0 Å². The van der Waals surface area contributed by atoms with E-state index < -0.39 is 0 Å². The lowest BCUT2D eigenvalue weighted by molar-refractivity contribution is 0.265. The lowest BCUT2D eigenvalue weighted by Gasteiger charge is -2.31. The standard InChI is InChI=1S/C12H25N/c1-9(2)11(4)13-12-7-5-6-10(3)8-12/h9-13H,5-8H2,1-4H3/t10-,11-,12-/m0/s1. The van der Waals surface area contributed by atoms with Crippen molar-refractivity contribution in [1.29, 1.82) is 0 Å². The van der Waals surface area contributed by atoms with Crippen molar-refractivity contribution in [2.24, 2.45) is 11.8 Å². The summed E-state index contributed by atoms with van der Waals surface area (Å²) in [5.74, 6) is 1.70. The van der Waals surface area contributed by atoms with Crippen molar-refractivity contribution in [2.45, 2.75) is 65.5 Å². The maximum absolute atomic E-state index is 3.75. The summed E-state index contributed by atoms with van der Waals surface area (Å²) < 4.78 is 0. The molecule has 0 aromatic heterocycles. The van der Waals surface area contributed by atoms with E-state index in [1.165, 1.54) is 25.7 Å².